The van der Waals surface area contributed by atoms with E-state index in [2.05, 4.69) is 5.32 Å². The Morgan fingerprint density at radius 2 is 1.77 bits per heavy atom. The van der Waals surface area contributed by atoms with E-state index in [0.717, 1.165) is 10.8 Å². The van der Waals surface area contributed by atoms with E-state index in [1.54, 1.807) is 6.07 Å². The number of ether oxygens (including phenoxy) is 1. The number of carbonyl (C=O) groups is 2. The third kappa shape index (κ3) is 3.64. The Morgan fingerprint density at radius 1 is 1.09 bits per heavy atom. The molecule has 4 heteroatoms. The average Bonchev–Trinajstić information content (AvgIpc) is 2.52. The van der Waals surface area contributed by atoms with E-state index in [0.29, 0.717) is 12.0 Å². The lowest BCUT2D eigenvalue weighted by molar-refractivity contribution is -0.143. The van der Waals surface area contributed by atoms with Gasteiger partial charge in [0, 0.05) is 5.56 Å². The third-order valence-corrected chi connectivity index (χ3v) is 3.53. The van der Waals surface area contributed by atoms with Crippen molar-refractivity contribution < 1.29 is 14.3 Å². The Hall–Kier alpha value is -2.36. The van der Waals surface area contributed by atoms with Crippen LogP contribution in [0.4, 0.5) is 0 Å². The second-order valence-corrected chi connectivity index (χ2v) is 5.71. The van der Waals surface area contributed by atoms with E-state index in [1.807, 2.05) is 50.2 Å². The van der Waals surface area contributed by atoms with Gasteiger partial charge in [0.1, 0.15) is 6.04 Å². The monoisotopic (exact) mass is 299 g/mol. The Morgan fingerprint density at radius 3 is 2.45 bits per heavy atom. The Kier molecular flexibility index (Phi) is 5.15. The third-order valence-electron chi connectivity index (χ3n) is 3.53. The number of hydrogen-bond acceptors (Lipinski definition) is 3. The zero-order valence-electron chi connectivity index (χ0n) is 13.1. The predicted molar refractivity (Wildman–Crippen MR) is 86.7 cm³/mol. The molecule has 0 heterocycles. The molecule has 0 saturated carbocycles. The summed E-state index contributed by atoms with van der Waals surface area (Å²) in [7, 11) is 1.33. The summed E-state index contributed by atoms with van der Waals surface area (Å²) in [4.78, 5) is 24.4. The van der Waals surface area contributed by atoms with Gasteiger partial charge in [0.2, 0.25) is 0 Å². The second kappa shape index (κ2) is 7.07. The number of rotatable bonds is 5. The fourth-order valence-corrected chi connectivity index (χ4v) is 2.49. The van der Waals surface area contributed by atoms with Crippen LogP contribution in [0.15, 0.2) is 42.5 Å². The number of carbonyl (C=O) groups excluding carboxylic acids is 2. The van der Waals surface area contributed by atoms with E-state index in [1.165, 1.54) is 7.11 Å². The van der Waals surface area contributed by atoms with Gasteiger partial charge in [0.25, 0.3) is 5.91 Å². The molecule has 1 amide bonds. The van der Waals surface area contributed by atoms with Crippen LogP contribution in [0, 0.1) is 5.92 Å². The minimum Gasteiger partial charge on any atom is -0.467 e. The van der Waals surface area contributed by atoms with Gasteiger partial charge < -0.3 is 10.1 Å². The van der Waals surface area contributed by atoms with Gasteiger partial charge in [-0.1, -0.05) is 50.2 Å². The molecule has 1 N–H and O–H groups in total. The zero-order chi connectivity index (χ0) is 16.1. The van der Waals surface area contributed by atoms with Crippen LogP contribution in [-0.2, 0) is 9.53 Å². The molecule has 116 valence electrons. The molecule has 0 fully saturated rings. The van der Waals surface area contributed by atoms with Crippen molar-refractivity contribution >= 4 is 22.6 Å². The van der Waals surface area contributed by atoms with E-state index < -0.39 is 12.0 Å². The van der Waals surface area contributed by atoms with Crippen LogP contribution in [0.25, 0.3) is 10.8 Å². The van der Waals surface area contributed by atoms with Crippen molar-refractivity contribution in [2.75, 3.05) is 7.11 Å². The quantitative estimate of drug-likeness (QED) is 0.863. The van der Waals surface area contributed by atoms with Crippen molar-refractivity contribution in [2.45, 2.75) is 26.3 Å². The lowest BCUT2D eigenvalue weighted by Crippen LogP contribution is -2.42. The number of benzene rings is 2. The van der Waals surface area contributed by atoms with Crippen LogP contribution in [-0.4, -0.2) is 25.0 Å². The maximum Gasteiger partial charge on any atom is 0.328 e. The standard InChI is InChI=1S/C18H21NO3/c1-12(2)11-16(18(21)22-3)19-17(20)15-10-6-8-13-7-4-5-9-14(13)15/h4-10,12,16H,11H2,1-3H3,(H,19,20)/t16-/m0/s1. The number of hydrogen-bond donors (Lipinski definition) is 1. The summed E-state index contributed by atoms with van der Waals surface area (Å²) < 4.78 is 4.78. The SMILES string of the molecule is COC(=O)[C@H](CC(C)C)NC(=O)c1cccc2ccccc12. The van der Waals surface area contributed by atoms with Crippen LogP contribution < -0.4 is 5.32 Å². The second-order valence-electron chi connectivity index (χ2n) is 5.71. The smallest absolute Gasteiger partial charge is 0.328 e. The topological polar surface area (TPSA) is 55.4 Å². The lowest BCUT2D eigenvalue weighted by atomic mass is 10.0. The van der Waals surface area contributed by atoms with Crippen LogP contribution >= 0.6 is 0 Å². The van der Waals surface area contributed by atoms with Gasteiger partial charge in [-0.15, -0.1) is 0 Å². The van der Waals surface area contributed by atoms with E-state index in [-0.39, 0.29) is 11.8 Å². The summed E-state index contributed by atoms with van der Waals surface area (Å²) >= 11 is 0. The minimum atomic E-state index is -0.628. The summed E-state index contributed by atoms with van der Waals surface area (Å²) in [6.45, 7) is 4.00. The number of nitrogens with one attached hydrogen (secondary N) is 1. The molecule has 0 aliphatic rings. The average molecular weight is 299 g/mol. The van der Waals surface area contributed by atoms with Gasteiger partial charge in [-0.05, 0) is 29.2 Å². The number of fused-ring (bicyclic) bond motifs is 1. The van der Waals surface area contributed by atoms with Crippen molar-refractivity contribution in [2.24, 2.45) is 5.92 Å². The van der Waals surface area contributed by atoms with Crippen molar-refractivity contribution in [3.63, 3.8) is 0 Å². The van der Waals surface area contributed by atoms with Crippen LogP contribution in [0.1, 0.15) is 30.6 Å². The maximum absolute atomic E-state index is 12.6. The minimum absolute atomic E-state index is 0.257. The normalized spacial score (nSPS) is 12.2. The molecule has 0 aliphatic carbocycles. The first-order valence-electron chi connectivity index (χ1n) is 7.39. The summed E-state index contributed by atoms with van der Waals surface area (Å²) in [5.74, 6) is -0.396. The van der Waals surface area contributed by atoms with Gasteiger partial charge in [0.15, 0.2) is 0 Å². The molecule has 0 radical (unpaired) electrons. The first kappa shape index (κ1) is 16.0. The highest BCUT2D eigenvalue weighted by Crippen LogP contribution is 2.19. The summed E-state index contributed by atoms with van der Waals surface area (Å²) in [6, 6.07) is 12.6. The molecule has 2 rings (SSSR count). The Bertz CT molecular complexity index is 674. The largest absolute Gasteiger partial charge is 0.467 e. The fraction of sp³-hybridized carbons (Fsp3) is 0.333. The van der Waals surface area contributed by atoms with Crippen molar-refractivity contribution in [3.05, 3.63) is 48.0 Å². The van der Waals surface area contributed by atoms with Crippen LogP contribution in [0.2, 0.25) is 0 Å². The highest BCUT2D eigenvalue weighted by Gasteiger charge is 2.23. The molecular weight excluding hydrogens is 278 g/mol. The molecule has 4 nitrogen and oxygen atoms in total. The number of methoxy groups -OCH3 is 1. The number of amides is 1. The molecule has 0 spiro atoms. The molecule has 22 heavy (non-hydrogen) atoms. The van der Waals surface area contributed by atoms with E-state index >= 15 is 0 Å². The lowest BCUT2D eigenvalue weighted by Gasteiger charge is -2.18. The molecule has 0 saturated heterocycles. The molecule has 1 atom stereocenters. The van der Waals surface area contributed by atoms with E-state index in [9.17, 15) is 9.59 Å². The van der Waals surface area contributed by atoms with Gasteiger partial charge in [0.05, 0.1) is 7.11 Å². The van der Waals surface area contributed by atoms with Gasteiger partial charge in [-0.3, -0.25) is 4.79 Å². The molecule has 2 aromatic carbocycles. The van der Waals surface area contributed by atoms with Crippen molar-refractivity contribution in [1.82, 2.24) is 5.32 Å². The Balaban J connectivity index is 2.27. The Labute approximate surface area is 130 Å². The van der Waals surface area contributed by atoms with E-state index in [4.69, 9.17) is 4.74 Å². The summed E-state index contributed by atoms with van der Waals surface area (Å²) in [5.41, 5.74) is 0.566. The van der Waals surface area contributed by atoms with Gasteiger partial charge in [-0.2, -0.15) is 0 Å². The van der Waals surface area contributed by atoms with Gasteiger partial charge >= 0.3 is 5.97 Å². The van der Waals surface area contributed by atoms with Crippen LogP contribution in [0.5, 0.6) is 0 Å². The molecular formula is C18H21NO3. The molecule has 0 aromatic heterocycles. The molecule has 0 aliphatic heterocycles. The fourth-order valence-electron chi connectivity index (χ4n) is 2.49. The van der Waals surface area contributed by atoms with Crippen molar-refractivity contribution in [1.29, 1.82) is 0 Å². The summed E-state index contributed by atoms with van der Waals surface area (Å²) in [6.07, 6.45) is 0.545. The molecule has 0 unspecified atom stereocenters. The first-order chi connectivity index (χ1) is 10.5. The zero-order valence-corrected chi connectivity index (χ0v) is 13.1. The molecule has 0 bridgehead atoms. The maximum atomic E-state index is 12.6. The van der Waals surface area contributed by atoms with Crippen molar-refractivity contribution in [3.8, 4) is 0 Å². The highest BCUT2D eigenvalue weighted by molar-refractivity contribution is 6.07. The summed E-state index contributed by atoms with van der Waals surface area (Å²) in [5, 5.41) is 4.66. The molecule has 2 aromatic rings. The predicted octanol–water partition coefficient (Wildman–Crippen LogP) is 3.16. The van der Waals surface area contributed by atoms with Crippen LogP contribution in [0.3, 0.4) is 0 Å². The van der Waals surface area contributed by atoms with Gasteiger partial charge in [-0.25, -0.2) is 4.79 Å². The first-order valence-corrected chi connectivity index (χ1v) is 7.39. The number of esters is 1. The highest BCUT2D eigenvalue weighted by atomic mass is 16.5.